The van der Waals surface area contributed by atoms with Gasteiger partial charge in [-0.05, 0) is 60.4 Å². The van der Waals surface area contributed by atoms with Gasteiger partial charge in [-0.3, -0.25) is 10.1 Å². The van der Waals surface area contributed by atoms with Gasteiger partial charge in [0.25, 0.3) is 0 Å². The van der Waals surface area contributed by atoms with Crippen LogP contribution in [0.25, 0.3) is 0 Å². The zero-order valence-electron chi connectivity index (χ0n) is 13.4. The van der Waals surface area contributed by atoms with Crippen molar-refractivity contribution in [3.8, 4) is 0 Å². The fourth-order valence-electron chi connectivity index (χ4n) is 3.53. The average Bonchev–Trinajstić information content (AvgIpc) is 3.03. The molecule has 0 bridgehead atoms. The molecule has 1 saturated carbocycles. The molecule has 0 aromatic heterocycles. The van der Waals surface area contributed by atoms with Crippen LogP contribution in [-0.2, 0) is 6.18 Å². The maximum absolute atomic E-state index is 13.8. The predicted octanol–water partition coefficient (Wildman–Crippen LogP) is 5.94. The molecule has 3 nitrogen and oxygen atoms in total. The van der Waals surface area contributed by atoms with Gasteiger partial charge < -0.3 is 0 Å². The minimum Gasteiger partial charge on any atom is -0.258 e. The predicted molar refractivity (Wildman–Crippen MR) is 83.8 cm³/mol. The highest BCUT2D eigenvalue weighted by Crippen LogP contribution is 2.45. The topological polar surface area (TPSA) is 43.1 Å². The normalized spacial score (nSPS) is 20.3. The van der Waals surface area contributed by atoms with Crippen LogP contribution in [0.1, 0.15) is 47.8 Å². The minimum absolute atomic E-state index is 0.116. The van der Waals surface area contributed by atoms with Crippen LogP contribution >= 0.6 is 0 Å². The van der Waals surface area contributed by atoms with Crippen LogP contribution in [0.2, 0.25) is 0 Å². The second kappa shape index (κ2) is 6.66. The summed E-state index contributed by atoms with van der Waals surface area (Å²) in [4.78, 5) is 9.86. The molecular weight excluding hydrogens is 357 g/mol. The SMILES string of the molecule is O=[N+]([O-])c1ccc(C2CCC(c3ccc(F)c(C(F)(F)F)c3)C2)cc1F. The Morgan fingerprint density at radius 2 is 1.50 bits per heavy atom. The summed E-state index contributed by atoms with van der Waals surface area (Å²) in [5.74, 6) is -2.57. The minimum atomic E-state index is -4.76. The summed E-state index contributed by atoms with van der Waals surface area (Å²) >= 11 is 0. The van der Waals surface area contributed by atoms with Gasteiger partial charge in [0.1, 0.15) is 5.82 Å². The summed E-state index contributed by atoms with van der Waals surface area (Å²) in [6.45, 7) is 0. The lowest BCUT2D eigenvalue weighted by Gasteiger charge is -2.15. The van der Waals surface area contributed by atoms with E-state index in [1.165, 1.54) is 12.1 Å². The van der Waals surface area contributed by atoms with Gasteiger partial charge in [-0.25, -0.2) is 4.39 Å². The van der Waals surface area contributed by atoms with Gasteiger partial charge in [-0.15, -0.1) is 0 Å². The van der Waals surface area contributed by atoms with Crippen LogP contribution in [0.5, 0.6) is 0 Å². The first-order valence-corrected chi connectivity index (χ1v) is 7.97. The highest BCUT2D eigenvalue weighted by Gasteiger charge is 2.36. The fourth-order valence-corrected chi connectivity index (χ4v) is 3.53. The lowest BCUT2D eigenvalue weighted by molar-refractivity contribution is -0.387. The van der Waals surface area contributed by atoms with E-state index in [0.29, 0.717) is 30.4 Å². The smallest absolute Gasteiger partial charge is 0.258 e. The van der Waals surface area contributed by atoms with Crippen molar-refractivity contribution in [3.05, 3.63) is 74.8 Å². The van der Waals surface area contributed by atoms with E-state index in [4.69, 9.17) is 0 Å². The standard InChI is InChI=1S/C18H14F5NO2/c19-15-5-3-12(8-14(15)18(21,22)23)10-1-2-11(7-10)13-4-6-17(24(25)26)16(20)9-13/h3-6,8-11H,1-2,7H2. The van der Waals surface area contributed by atoms with Crippen molar-refractivity contribution in [2.75, 3.05) is 0 Å². The van der Waals surface area contributed by atoms with E-state index in [0.717, 1.165) is 24.3 Å². The summed E-state index contributed by atoms with van der Waals surface area (Å²) in [5, 5.41) is 10.7. The molecule has 1 aliphatic carbocycles. The van der Waals surface area contributed by atoms with E-state index in [9.17, 15) is 32.1 Å². The van der Waals surface area contributed by atoms with E-state index in [2.05, 4.69) is 0 Å². The molecule has 1 fully saturated rings. The Morgan fingerprint density at radius 1 is 0.923 bits per heavy atom. The van der Waals surface area contributed by atoms with E-state index in [-0.39, 0.29) is 11.8 Å². The van der Waals surface area contributed by atoms with E-state index in [1.54, 1.807) is 0 Å². The van der Waals surface area contributed by atoms with Gasteiger partial charge in [0.15, 0.2) is 0 Å². The van der Waals surface area contributed by atoms with Crippen LogP contribution in [0.15, 0.2) is 36.4 Å². The van der Waals surface area contributed by atoms with Crippen LogP contribution < -0.4 is 0 Å². The second-order valence-electron chi connectivity index (χ2n) is 6.41. The van der Waals surface area contributed by atoms with Gasteiger partial charge in [0.2, 0.25) is 5.82 Å². The van der Waals surface area contributed by atoms with Gasteiger partial charge in [-0.1, -0.05) is 12.1 Å². The molecule has 138 valence electrons. The number of rotatable bonds is 3. The molecule has 2 unspecified atom stereocenters. The van der Waals surface area contributed by atoms with Crippen molar-refractivity contribution in [1.82, 2.24) is 0 Å². The van der Waals surface area contributed by atoms with Crippen molar-refractivity contribution in [2.24, 2.45) is 0 Å². The molecular formula is C18H14F5NO2. The molecule has 26 heavy (non-hydrogen) atoms. The zero-order valence-corrected chi connectivity index (χ0v) is 13.4. The number of nitro groups is 1. The third-order valence-corrected chi connectivity index (χ3v) is 4.84. The molecule has 2 aromatic rings. The van der Waals surface area contributed by atoms with Gasteiger partial charge in [0, 0.05) is 6.07 Å². The molecule has 0 aliphatic heterocycles. The van der Waals surface area contributed by atoms with E-state index in [1.807, 2.05) is 0 Å². The molecule has 0 amide bonds. The molecule has 0 N–H and O–H groups in total. The van der Waals surface area contributed by atoms with Gasteiger partial charge >= 0.3 is 11.9 Å². The quantitative estimate of drug-likeness (QED) is 0.380. The average molecular weight is 371 g/mol. The molecule has 2 atom stereocenters. The number of nitrogens with zero attached hydrogens (tertiary/aromatic N) is 1. The summed E-state index contributed by atoms with van der Waals surface area (Å²) in [6.07, 6.45) is -3.10. The zero-order chi connectivity index (χ0) is 19.1. The van der Waals surface area contributed by atoms with Gasteiger partial charge in [0.05, 0.1) is 10.5 Å². The Labute approximate surface area is 145 Å². The van der Waals surface area contributed by atoms with Crippen LogP contribution in [0.3, 0.4) is 0 Å². The third-order valence-electron chi connectivity index (χ3n) is 4.84. The van der Waals surface area contributed by atoms with Crippen molar-refractivity contribution in [2.45, 2.75) is 37.3 Å². The number of hydrogen-bond acceptors (Lipinski definition) is 2. The summed E-state index contributed by atoms with van der Waals surface area (Å²) < 4.78 is 65.8. The van der Waals surface area contributed by atoms with Crippen molar-refractivity contribution >= 4 is 5.69 Å². The number of halogens is 5. The highest BCUT2D eigenvalue weighted by atomic mass is 19.4. The Bertz CT molecular complexity index is 850. The largest absolute Gasteiger partial charge is 0.419 e. The van der Waals surface area contributed by atoms with E-state index >= 15 is 0 Å². The number of nitro benzene ring substituents is 1. The lowest BCUT2D eigenvalue weighted by Crippen LogP contribution is -2.09. The molecule has 0 radical (unpaired) electrons. The number of benzene rings is 2. The molecule has 0 heterocycles. The second-order valence-corrected chi connectivity index (χ2v) is 6.41. The number of hydrogen-bond donors (Lipinski definition) is 0. The molecule has 8 heteroatoms. The Morgan fingerprint density at radius 3 is 2.04 bits per heavy atom. The first kappa shape index (κ1) is 18.3. The fraction of sp³-hybridized carbons (Fsp3) is 0.333. The maximum atomic E-state index is 13.8. The third kappa shape index (κ3) is 3.54. The Hall–Kier alpha value is -2.51. The number of alkyl halides is 3. The first-order chi connectivity index (χ1) is 12.2. The molecule has 0 spiro atoms. The van der Waals surface area contributed by atoms with Gasteiger partial charge in [-0.2, -0.15) is 17.6 Å². The molecule has 0 saturated heterocycles. The Kier molecular flexibility index (Phi) is 4.68. The molecule has 2 aromatic carbocycles. The Balaban J connectivity index is 1.81. The van der Waals surface area contributed by atoms with Crippen molar-refractivity contribution in [1.29, 1.82) is 0 Å². The first-order valence-electron chi connectivity index (χ1n) is 7.97. The molecule has 1 aliphatic rings. The molecule has 3 rings (SSSR count). The lowest BCUT2D eigenvalue weighted by atomic mass is 9.92. The summed E-state index contributed by atoms with van der Waals surface area (Å²) in [6, 6.07) is 6.67. The van der Waals surface area contributed by atoms with Crippen molar-refractivity contribution in [3.63, 3.8) is 0 Å². The van der Waals surface area contributed by atoms with Crippen LogP contribution in [0, 0.1) is 21.7 Å². The monoisotopic (exact) mass is 371 g/mol. The van der Waals surface area contributed by atoms with Crippen LogP contribution in [0.4, 0.5) is 27.6 Å². The van der Waals surface area contributed by atoms with E-state index < -0.39 is 34.0 Å². The summed E-state index contributed by atoms with van der Waals surface area (Å²) in [7, 11) is 0. The van der Waals surface area contributed by atoms with Crippen LogP contribution in [-0.4, -0.2) is 4.92 Å². The maximum Gasteiger partial charge on any atom is 0.419 e. The summed E-state index contributed by atoms with van der Waals surface area (Å²) in [5.41, 5.74) is -0.936. The highest BCUT2D eigenvalue weighted by molar-refractivity contribution is 5.38. The van der Waals surface area contributed by atoms with Crippen molar-refractivity contribution < 1.29 is 26.9 Å².